The van der Waals surface area contributed by atoms with Gasteiger partial charge in [0.25, 0.3) is 0 Å². The van der Waals surface area contributed by atoms with Crippen molar-refractivity contribution in [3.63, 3.8) is 0 Å². The van der Waals surface area contributed by atoms with Crippen LogP contribution in [0, 0.1) is 0 Å². The van der Waals surface area contributed by atoms with E-state index in [-0.39, 0.29) is 11.8 Å². The second kappa shape index (κ2) is 5.21. The fourth-order valence-electron chi connectivity index (χ4n) is 2.28. The summed E-state index contributed by atoms with van der Waals surface area (Å²) in [5, 5.41) is 12.4. The van der Waals surface area contributed by atoms with Gasteiger partial charge in [-0.05, 0) is 42.3 Å². The van der Waals surface area contributed by atoms with E-state index in [1.807, 2.05) is 24.3 Å². The lowest BCUT2D eigenvalue weighted by molar-refractivity contribution is -0.124. The topological polar surface area (TPSA) is 60.7 Å². The third-order valence-electron chi connectivity index (χ3n) is 3.33. The molecule has 0 aliphatic heterocycles. The van der Waals surface area contributed by atoms with Gasteiger partial charge in [0.05, 0.1) is 0 Å². The van der Waals surface area contributed by atoms with Gasteiger partial charge < -0.3 is 0 Å². The third-order valence-corrected chi connectivity index (χ3v) is 3.86. The second-order valence-corrected chi connectivity index (χ2v) is 5.58. The van der Waals surface area contributed by atoms with Gasteiger partial charge in [0, 0.05) is 16.5 Å². The molecule has 0 bridgehead atoms. The third kappa shape index (κ3) is 2.58. The van der Waals surface area contributed by atoms with Crippen LogP contribution in [0.25, 0.3) is 11.4 Å². The molecule has 0 saturated heterocycles. The normalized spacial score (nSPS) is 19.6. The molecule has 1 saturated carbocycles. The number of aromatic nitrogens is 4. The Kier molecular flexibility index (Phi) is 3.42. The number of hydrogen-bond donors (Lipinski definition) is 0. The zero-order chi connectivity index (χ0) is 13.2. The van der Waals surface area contributed by atoms with E-state index in [0.29, 0.717) is 12.2 Å². The van der Waals surface area contributed by atoms with E-state index < -0.39 is 0 Å². The Balaban J connectivity index is 1.86. The van der Waals surface area contributed by atoms with Crippen molar-refractivity contribution in [1.82, 2.24) is 20.2 Å². The molecule has 1 heterocycles. The number of Topliss-reactive ketones (excluding diaryl/α,β-unsaturated/α-hetero) is 1. The minimum atomic E-state index is -0.231. The van der Waals surface area contributed by atoms with Crippen LogP contribution in [0.1, 0.15) is 31.7 Å². The number of rotatable bonds is 2. The summed E-state index contributed by atoms with van der Waals surface area (Å²) in [5.41, 5.74) is 0.901. The molecule has 1 atom stereocenters. The van der Waals surface area contributed by atoms with Crippen LogP contribution in [0.2, 0.25) is 0 Å². The monoisotopic (exact) mass is 320 g/mol. The summed E-state index contributed by atoms with van der Waals surface area (Å²) in [6, 6.07) is 7.48. The van der Waals surface area contributed by atoms with Crippen molar-refractivity contribution in [3.05, 3.63) is 28.7 Å². The molecule has 6 heteroatoms. The molecular weight excluding hydrogens is 308 g/mol. The Morgan fingerprint density at radius 2 is 2.00 bits per heavy atom. The van der Waals surface area contributed by atoms with Crippen LogP contribution in [0.15, 0.2) is 28.7 Å². The first kappa shape index (κ1) is 12.5. The molecule has 2 aromatic rings. The van der Waals surface area contributed by atoms with Crippen LogP contribution in [-0.2, 0) is 4.79 Å². The van der Waals surface area contributed by atoms with Crippen molar-refractivity contribution in [2.24, 2.45) is 0 Å². The fourth-order valence-corrected chi connectivity index (χ4v) is 2.54. The molecule has 0 radical (unpaired) electrons. The maximum Gasteiger partial charge on any atom is 0.204 e. The molecule has 3 rings (SSSR count). The summed E-state index contributed by atoms with van der Waals surface area (Å²) in [6.07, 6.45) is 3.46. The molecule has 1 aliphatic rings. The lowest BCUT2D eigenvalue weighted by atomic mass is 9.95. The van der Waals surface area contributed by atoms with E-state index in [9.17, 15) is 4.79 Å². The Morgan fingerprint density at radius 1 is 1.21 bits per heavy atom. The van der Waals surface area contributed by atoms with Crippen LogP contribution < -0.4 is 0 Å². The minimum Gasteiger partial charge on any atom is -0.297 e. The highest BCUT2D eigenvalue weighted by Gasteiger charge is 2.26. The van der Waals surface area contributed by atoms with E-state index in [2.05, 4.69) is 31.3 Å². The predicted octanol–water partition coefficient (Wildman–Crippen LogP) is 2.79. The molecule has 1 unspecified atom stereocenters. The minimum absolute atomic E-state index is 0.214. The van der Waals surface area contributed by atoms with Gasteiger partial charge in [-0.1, -0.05) is 22.4 Å². The van der Waals surface area contributed by atoms with Crippen molar-refractivity contribution in [2.45, 2.75) is 31.7 Å². The van der Waals surface area contributed by atoms with E-state index in [1.54, 1.807) is 0 Å². The number of hydrogen-bond acceptors (Lipinski definition) is 4. The Labute approximate surface area is 119 Å². The average Bonchev–Trinajstić information content (AvgIpc) is 2.89. The van der Waals surface area contributed by atoms with Gasteiger partial charge in [-0.2, -0.15) is 4.80 Å². The number of ketones is 1. The van der Waals surface area contributed by atoms with Crippen molar-refractivity contribution >= 4 is 21.7 Å². The zero-order valence-electron chi connectivity index (χ0n) is 10.3. The van der Waals surface area contributed by atoms with Crippen LogP contribution in [0.4, 0.5) is 0 Å². The molecule has 0 spiro atoms. The summed E-state index contributed by atoms with van der Waals surface area (Å²) in [6.45, 7) is 0. The number of halogens is 1. The molecule has 1 aliphatic carbocycles. The van der Waals surface area contributed by atoms with E-state index in [0.717, 1.165) is 29.3 Å². The maximum absolute atomic E-state index is 11.9. The lowest BCUT2D eigenvalue weighted by Crippen LogP contribution is -2.25. The van der Waals surface area contributed by atoms with E-state index >= 15 is 0 Å². The summed E-state index contributed by atoms with van der Waals surface area (Å²) in [5.74, 6) is 0.775. The van der Waals surface area contributed by atoms with Crippen LogP contribution in [-0.4, -0.2) is 26.0 Å². The van der Waals surface area contributed by atoms with Crippen LogP contribution >= 0.6 is 15.9 Å². The summed E-state index contributed by atoms with van der Waals surface area (Å²) in [4.78, 5) is 13.3. The summed E-state index contributed by atoms with van der Waals surface area (Å²) < 4.78 is 1.01. The molecule has 98 valence electrons. The van der Waals surface area contributed by atoms with Gasteiger partial charge in [-0.25, -0.2) is 0 Å². The first-order valence-electron chi connectivity index (χ1n) is 6.32. The maximum atomic E-state index is 11.9. The highest BCUT2D eigenvalue weighted by molar-refractivity contribution is 9.10. The SMILES string of the molecule is O=C1CCCCC1n1nnc(-c2ccc(Br)cc2)n1. The Morgan fingerprint density at radius 3 is 2.74 bits per heavy atom. The number of tetrazole rings is 1. The molecule has 0 amide bonds. The molecule has 0 N–H and O–H groups in total. The fraction of sp³-hybridized carbons (Fsp3) is 0.385. The number of carbonyl (C=O) groups is 1. The van der Waals surface area contributed by atoms with Crippen molar-refractivity contribution in [1.29, 1.82) is 0 Å². The van der Waals surface area contributed by atoms with E-state index in [4.69, 9.17) is 0 Å². The van der Waals surface area contributed by atoms with Crippen molar-refractivity contribution in [2.75, 3.05) is 0 Å². The molecule has 5 nitrogen and oxygen atoms in total. The first-order chi connectivity index (χ1) is 9.24. The van der Waals surface area contributed by atoms with Crippen LogP contribution in [0.5, 0.6) is 0 Å². The van der Waals surface area contributed by atoms with Gasteiger partial charge in [0.1, 0.15) is 6.04 Å². The number of nitrogens with zero attached hydrogens (tertiary/aromatic N) is 4. The first-order valence-corrected chi connectivity index (χ1v) is 7.11. The Hall–Kier alpha value is -1.56. The van der Waals surface area contributed by atoms with Gasteiger partial charge >= 0.3 is 0 Å². The molecular formula is C13H13BrN4O. The van der Waals surface area contributed by atoms with Gasteiger partial charge in [-0.3, -0.25) is 4.79 Å². The van der Waals surface area contributed by atoms with Crippen molar-refractivity contribution in [3.8, 4) is 11.4 Å². The van der Waals surface area contributed by atoms with E-state index in [1.165, 1.54) is 4.80 Å². The Bertz CT molecular complexity index is 593. The van der Waals surface area contributed by atoms with Gasteiger partial charge in [0.2, 0.25) is 5.82 Å². The predicted molar refractivity (Wildman–Crippen MR) is 73.5 cm³/mol. The highest BCUT2D eigenvalue weighted by Crippen LogP contribution is 2.24. The van der Waals surface area contributed by atoms with Gasteiger partial charge in [0.15, 0.2) is 5.78 Å². The summed E-state index contributed by atoms with van der Waals surface area (Å²) in [7, 11) is 0. The molecule has 1 aromatic heterocycles. The largest absolute Gasteiger partial charge is 0.297 e. The van der Waals surface area contributed by atoms with Gasteiger partial charge in [-0.15, -0.1) is 10.2 Å². The zero-order valence-corrected chi connectivity index (χ0v) is 11.9. The van der Waals surface area contributed by atoms with Crippen LogP contribution in [0.3, 0.4) is 0 Å². The molecule has 1 fully saturated rings. The standard InChI is InChI=1S/C13H13BrN4O/c14-10-7-5-9(6-8-10)13-15-17-18(16-13)11-3-1-2-4-12(11)19/h5-8,11H,1-4H2. The van der Waals surface area contributed by atoms with Crippen molar-refractivity contribution < 1.29 is 4.79 Å². The molecule has 19 heavy (non-hydrogen) atoms. The smallest absolute Gasteiger partial charge is 0.204 e. The summed E-state index contributed by atoms with van der Waals surface area (Å²) >= 11 is 3.39. The lowest BCUT2D eigenvalue weighted by Gasteiger charge is -2.18. The quantitative estimate of drug-likeness (QED) is 0.853. The second-order valence-electron chi connectivity index (χ2n) is 4.67. The number of carbonyl (C=O) groups excluding carboxylic acids is 1. The average molecular weight is 321 g/mol. The highest BCUT2D eigenvalue weighted by atomic mass is 79.9. The number of benzene rings is 1. The molecule has 1 aromatic carbocycles.